The number of nitrogens with one attached hydrogen (secondary N) is 2. The highest BCUT2D eigenvalue weighted by molar-refractivity contribution is 6.30. The second-order valence-corrected chi connectivity index (χ2v) is 6.46. The Balaban J connectivity index is 1.53. The van der Waals surface area contributed by atoms with Crippen molar-refractivity contribution in [2.45, 2.75) is 25.7 Å². The lowest BCUT2D eigenvalue weighted by Crippen LogP contribution is -2.15. The molecule has 0 radical (unpaired) electrons. The Morgan fingerprint density at radius 1 is 1.00 bits per heavy atom. The smallest absolute Gasteiger partial charge is 0.227 e. The van der Waals surface area contributed by atoms with Crippen molar-refractivity contribution in [1.29, 1.82) is 0 Å². The van der Waals surface area contributed by atoms with Crippen LogP contribution in [0.2, 0.25) is 5.02 Å². The summed E-state index contributed by atoms with van der Waals surface area (Å²) in [6.07, 6.45) is 2.93. The Kier molecular flexibility index (Phi) is 5.16. The van der Waals surface area contributed by atoms with Gasteiger partial charge < -0.3 is 10.6 Å². The zero-order chi connectivity index (χ0) is 16.9. The van der Waals surface area contributed by atoms with Crippen LogP contribution in [0.4, 0.5) is 11.4 Å². The Morgan fingerprint density at radius 2 is 1.71 bits per heavy atom. The van der Waals surface area contributed by atoms with Crippen molar-refractivity contribution in [3.63, 3.8) is 0 Å². The third-order valence-electron chi connectivity index (χ3n) is 3.89. The number of benzene rings is 2. The lowest BCUT2D eigenvalue weighted by molar-refractivity contribution is -0.117. The summed E-state index contributed by atoms with van der Waals surface area (Å²) >= 11 is 5.94. The fourth-order valence-corrected chi connectivity index (χ4v) is 2.65. The average Bonchev–Trinajstić information content (AvgIpc) is 3.38. The maximum absolute atomic E-state index is 12.1. The normalized spacial score (nSPS) is 13.4. The fraction of sp³-hybridized carbons (Fsp3) is 0.263. The van der Waals surface area contributed by atoms with Gasteiger partial charge in [-0.2, -0.15) is 0 Å². The summed E-state index contributed by atoms with van der Waals surface area (Å²) in [6, 6.07) is 14.7. The van der Waals surface area contributed by atoms with Crippen LogP contribution < -0.4 is 10.6 Å². The van der Waals surface area contributed by atoms with Crippen molar-refractivity contribution in [2.24, 2.45) is 5.92 Å². The molecule has 1 aliphatic rings. The van der Waals surface area contributed by atoms with Crippen molar-refractivity contribution < 1.29 is 9.59 Å². The van der Waals surface area contributed by atoms with Gasteiger partial charge in [-0.3, -0.25) is 9.59 Å². The highest BCUT2D eigenvalue weighted by atomic mass is 35.5. The first-order valence-electron chi connectivity index (χ1n) is 8.05. The van der Waals surface area contributed by atoms with Crippen molar-refractivity contribution in [1.82, 2.24) is 0 Å². The lowest BCUT2D eigenvalue weighted by Gasteiger charge is -2.09. The van der Waals surface area contributed by atoms with Crippen LogP contribution >= 0.6 is 11.6 Å². The zero-order valence-corrected chi connectivity index (χ0v) is 14.0. The number of carbonyl (C=O) groups is 2. The van der Waals surface area contributed by atoms with Gasteiger partial charge in [-0.15, -0.1) is 0 Å². The van der Waals surface area contributed by atoms with E-state index in [1.807, 2.05) is 42.5 Å². The molecule has 0 spiro atoms. The zero-order valence-electron chi connectivity index (χ0n) is 13.2. The van der Waals surface area contributed by atoms with E-state index in [9.17, 15) is 9.59 Å². The predicted molar refractivity (Wildman–Crippen MR) is 96.2 cm³/mol. The number of amides is 2. The molecule has 24 heavy (non-hydrogen) atoms. The molecule has 0 heterocycles. The third-order valence-corrected chi connectivity index (χ3v) is 4.13. The van der Waals surface area contributed by atoms with E-state index in [0.717, 1.165) is 18.4 Å². The highest BCUT2D eigenvalue weighted by Crippen LogP contribution is 2.30. The summed E-state index contributed by atoms with van der Waals surface area (Å²) < 4.78 is 0. The van der Waals surface area contributed by atoms with Crippen molar-refractivity contribution in [2.75, 3.05) is 10.6 Å². The molecular weight excluding hydrogens is 324 g/mol. The van der Waals surface area contributed by atoms with Crippen LogP contribution in [0.25, 0.3) is 0 Å². The molecule has 1 aliphatic carbocycles. The molecule has 0 aromatic heterocycles. The molecule has 3 rings (SSSR count). The third kappa shape index (κ3) is 4.83. The summed E-state index contributed by atoms with van der Waals surface area (Å²) in [5.41, 5.74) is 2.42. The summed E-state index contributed by atoms with van der Waals surface area (Å²) in [7, 11) is 0. The minimum absolute atomic E-state index is 0.0550. The molecule has 0 aliphatic heterocycles. The Hall–Kier alpha value is -2.33. The van der Waals surface area contributed by atoms with E-state index in [1.54, 1.807) is 6.07 Å². The molecule has 4 nitrogen and oxygen atoms in total. The molecule has 5 heteroatoms. The van der Waals surface area contributed by atoms with Gasteiger partial charge >= 0.3 is 0 Å². The SMILES string of the molecule is O=C(CCc1cccc(Cl)c1)Nc1cccc(NC(=O)C2CC2)c1. The van der Waals surface area contributed by atoms with Crippen LogP contribution in [-0.4, -0.2) is 11.8 Å². The monoisotopic (exact) mass is 342 g/mol. The van der Waals surface area contributed by atoms with E-state index in [4.69, 9.17) is 11.6 Å². The van der Waals surface area contributed by atoms with Gasteiger partial charge in [-0.05, 0) is 55.2 Å². The minimum Gasteiger partial charge on any atom is -0.326 e. The van der Waals surface area contributed by atoms with Crippen LogP contribution in [0.5, 0.6) is 0 Å². The maximum Gasteiger partial charge on any atom is 0.227 e. The van der Waals surface area contributed by atoms with Gasteiger partial charge in [0.1, 0.15) is 0 Å². The highest BCUT2D eigenvalue weighted by Gasteiger charge is 2.29. The van der Waals surface area contributed by atoms with Crippen LogP contribution in [0, 0.1) is 5.92 Å². The second kappa shape index (κ2) is 7.49. The molecule has 0 saturated heterocycles. The van der Waals surface area contributed by atoms with Crippen molar-refractivity contribution >= 4 is 34.8 Å². The van der Waals surface area contributed by atoms with E-state index < -0.39 is 0 Å². The number of hydrogen-bond acceptors (Lipinski definition) is 2. The summed E-state index contributed by atoms with van der Waals surface area (Å²) in [4.78, 5) is 23.9. The second-order valence-electron chi connectivity index (χ2n) is 6.02. The first-order chi connectivity index (χ1) is 11.6. The Labute approximate surface area is 146 Å². The van der Waals surface area contributed by atoms with Gasteiger partial charge in [-0.1, -0.05) is 29.8 Å². The average molecular weight is 343 g/mol. The number of aryl methyl sites for hydroxylation is 1. The van der Waals surface area contributed by atoms with Gasteiger partial charge in [0.2, 0.25) is 11.8 Å². The maximum atomic E-state index is 12.1. The standard InChI is InChI=1S/C19H19ClN2O2/c20-15-4-1-3-13(11-15)7-10-18(23)21-16-5-2-6-17(12-16)22-19(24)14-8-9-14/h1-6,11-12,14H,7-10H2,(H,21,23)(H,22,24). The van der Waals surface area contributed by atoms with E-state index in [2.05, 4.69) is 10.6 Å². The first kappa shape index (κ1) is 16.5. The predicted octanol–water partition coefficient (Wildman–Crippen LogP) is 4.26. The number of halogens is 1. The molecule has 1 fully saturated rings. The Morgan fingerprint density at radius 3 is 2.42 bits per heavy atom. The molecule has 2 N–H and O–H groups in total. The molecule has 1 saturated carbocycles. The topological polar surface area (TPSA) is 58.2 Å². The summed E-state index contributed by atoms with van der Waals surface area (Å²) in [6.45, 7) is 0. The molecular formula is C19H19ClN2O2. The van der Waals surface area contributed by atoms with Crippen LogP contribution in [0.3, 0.4) is 0 Å². The molecule has 2 amide bonds. The molecule has 0 atom stereocenters. The molecule has 0 bridgehead atoms. The van der Waals surface area contributed by atoms with Crippen LogP contribution in [0.1, 0.15) is 24.8 Å². The molecule has 2 aromatic carbocycles. The van der Waals surface area contributed by atoms with Gasteiger partial charge in [-0.25, -0.2) is 0 Å². The molecule has 124 valence electrons. The number of carbonyl (C=O) groups excluding carboxylic acids is 2. The van der Waals surface area contributed by atoms with Crippen molar-refractivity contribution in [3.8, 4) is 0 Å². The molecule has 0 unspecified atom stereocenters. The first-order valence-corrected chi connectivity index (χ1v) is 8.43. The van der Waals surface area contributed by atoms with Crippen LogP contribution in [-0.2, 0) is 16.0 Å². The number of hydrogen-bond donors (Lipinski definition) is 2. The number of rotatable bonds is 6. The van der Waals surface area contributed by atoms with E-state index in [-0.39, 0.29) is 17.7 Å². The Bertz CT molecular complexity index is 757. The minimum atomic E-state index is -0.0688. The number of anilines is 2. The molecule has 2 aromatic rings. The van der Waals surface area contributed by atoms with Gasteiger partial charge in [0.15, 0.2) is 0 Å². The summed E-state index contributed by atoms with van der Waals surface area (Å²) in [5.74, 6) is 0.140. The lowest BCUT2D eigenvalue weighted by atomic mass is 10.1. The van der Waals surface area contributed by atoms with Crippen molar-refractivity contribution in [3.05, 3.63) is 59.1 Å². The van der Waals surface area contributed by atoms with Gasteiger partial charge in [0, 0.05) is 28.7 Å². The van der Waals surface area contributed by atoms with Crippen LogP contribution in [0.15, 0.2) is 48.5 Å². The fourth-order valence-electron chi connectivity index (χ4n) is 2.44. The largest absolute Gasteiger partial charge is 0.326 e. The van der Waals surface area contributed by atoms with Gasteiger partial charge in [0.05, 0.1) is 0 Å². The summed E-state index contributed by atoms with van der Waals surface area (Å²) in [5, 5.41) is 6.41. The van der Waals surface area contributed by atoms with Gasteiger partial charge in [0.25, 0.3) is 0 Å². The van der Waals surface area contributed by atoms with E-state index in [1.165, 1.54) is 0 Å². The quantitative estimate of drug-likeness (QED) is 0.824. The van der Waals surface area contributed by atoms with E-state index >= 15 is 0 Å². The van der Waals surface area contributed by atoms with E-state index in [0.29, 0.717) is 29.2 Å².